The van der Waals surface area contributed by atoms with Gasteiger partial charge in [-0.1, -0.05) is 17.7 Å². The van der Waals surface area contributed by atoms with Gasteiger partial charge in [0.1, 0.15) is 10.6 Å². The molecule has 1 amide bonds. The second-order valence-corrected chi connectivity index (χ2v) is 5.73. The van der Waals surface area contributed by atoms with E-state index in [2.05, 4.69) is 5.32 Å². The molecule has 0 saturated heterocycles. The number of thiophene rings is 1. The summed E-state index contributed by atoms with van der Waals surface area (Å²) in [6.45, 7) is 1.69. The van der Waals surface area contributed by atoms with E-state index >= 15 is 0 Å². The summed E-state index contributed by atoms with van der Waals surface area (Å²) < 4.78 is 5.35. The van der Waals surface area contributed by atoms with Crippen molar-refractivity contribution in [3.63, 3.8) is 0 Å². The number of amides is 1. The monoisotopic (exact) mass is 325 g/mol. The first kappa shape index (κ1) is 15.3. The lowest BCUT2D eigenvalue weighted by Gasteiger charge is -2.08. The third kappa shape index (κ3) is 4.21. The fourth-order valence-electron chi connectivity index (χ4n) is 1.56. The van der Waals surface area contributed by atoms with Crippen LogP contribution in [0.5, 0.6) is 5.75 Å². The Kier molecular flexibility index (Phi) is 4.82. The van der Waals surface area contributed by atoms with Crippen LogP contribution in [0.25, 0.3) is 0 Å². The van der Waals surface area contributed by atoms with Crippen LogP contribution in [-0.2, 0) is 4.79 Å². The number of aromatic carboxylic acids is 1. The minimum atomic E-state index is -1.02. The van der Waals surface area contributed by atoms with Crippen LogP contribution in [-0.4, -0.2) is 23.6 Å². The van der Waals surface area contributed by atoms with Crippen molar-refractivity contribution in [1.29, 1.82) is 0 Å². The fourth-order valence-corrected chi connectivity index (χ4v) is 2.49. The van der Waals surface area contributed by atoms with E-state index in [1.54, 1.807) is 12.1 Å². The molecule has 0 aliphatic heterocycles. The molecule has 0 fully saturated rings. The number of nitrogens with one attached hydrogen (secondary N) is 1. The zero-order chi connectivity index (χ0) is 15.4. The Balaban J connectivity index is 1.92. The highest BCUT2D eigenvalue weighted by atomic mass is 35.5. The highest BCUT2D eigenvalue weighted by molar-refractivity contribution is 7.18. The predicted molar refractivity (Wildman–Crippen MR) is 81.6 cm³/mol. The lowest BCUT2D eigenvalue weighted by atomic mass is 10.2. The van der Waals surface area contributed by atoms with Crippen molar-refractivity contribution in [2.45, 2.75) is 6.92 Å². The van der Waals surface area contributed by atoms with Gasteiger partial charge in [0.05, 0.1) is 10.0 Å². The summed E-state index contributed by atoms with van der Waals surface area (Å²) >= 11 is 6.94. The first-order valence-electron chi connectivity index (χ1n) is 5.97. The fraction of sp³-hybridized carbons (Fsp3) is 0.143. The van der Waals surface area contributed by atoms with Crippen molar-refractivity contribution in [3.8, 4) is 5.75 Å². The summed E-state index contributed by atoms with van der Waals surface area (Å²) in [7, 11) is 0. The standard InChI is InChI=1S/C14H12ClNO4S/c1-8-2-3-9(15)10(6-8)20-7-12(17)16-13-5-4-11(21-13)14(18)19/h2-6H,7H2,1H3,(H,16,17)(H,18,19). The normalized spacial score (nSPS) is 10.2. The maximum atomic E-state index is 11.7. The van der Waals surface area contributed by atoms with E-state index in [-0.39, 0.29) is 17.4 Å². The summed E-state index contributed by atoms with van der Waals surface area (Å²) in [6, 6.07) is 8.24. The number of ether oxygens (including phenoxy) is 1. The van der Waals surface area contributed by atoms with E-state index in [0.717, 1.165) is 16.9 Å². The first-order chi connectivity index (χ1) is 9.95. The molecule has 0 unspecified atom stereocenters. The van der Waals surface area contributed by atoms with Gasteiger partial charge in [-0.25, -0.2) is 4.79 Å². The molecule has 0 atom stereocenters. The Morgan fingerprint density at radius 2 is 2.10 bits per heavy atom. The van der Waals surface area contributed by atoms with Crippen LogP contribution in [0.4, 0.5) is 5.00 Å². The van der Waals surface area contributed by atoms with Gasteiger partial charge in [-0.15, -0.1) is 11.3 Å². The molecule has 0 aliphatic carbocycles. The molecule has 21 heavy (non-hydrogen) atoms. The Morgan fingerprint density at radius 1 is 1.33 bits per heavy atom. The second kappa shape index (κ2) is 6.60. The van der Waals surface area contributed by atoms with E-state index in [9.17, 15) is 9.59 Å². The molecular formula is C14H12ClNO4S. The molecule has 110 valence electrons. The summed E-state index contributed by atoms with van der Waals surface area (Å²) in [5, 5.41) is 12.3. The molecule has 2 rings (SSSR count). The molecule has 2 N–H and O–H groups in total. The first-order valence-corrected chi connectivity index (χ1v) is 7.17. The number of carbonyl (C=O) groups is 2. The zero-order valence-corrected chi connectivity index (χ0v) is 12.6. The SMILES string of the molecule is Cc1ccc(Cl)c(OCC(=O)Nc2ccc(C(=O)O)s2)c1. The van der Waals surface area contributed by atoms with E-state index in [4.69, 9.17) is 21.4 Å². The molecule has 0 spiro atoms. The van der Waals surface area contributed by atoms with Gasteiger partial charge >= 0.3 is 5.97 Å². The number of halogens is 1. The van der Waals surface area contributed by atoms with Crippen molar-refractivity contribution in [3.05, 3.63) is 45.8 Å². The van der Waals surface area contributed by atoms with Gasteiger partial charge in [-0.2, -0.15) is 0 Å². The van der Waals surface area contributed by atoms with Crippen molar-refractivity contribution in [2.24, 2.45) is 0 Å². The van der Waals surface area contributed by atoms with Gasteiger partial charge in [0.15, 0.2) is 6.61 Å². The largest absolute Gasteiger partial charge is 0.482 e. The number of carboxylic acids is 1. The maximum absolute atomic E-state index is 11.7. The Labute approximate surface area is 130 Å². The lowest BCUT2D eigenvalue weighted by Crippen LogP contribution is -2.19. The molecule has 0 bridgehead atoms. The molecule has 1 aromatic heterocycles. The molecule has 5 nitrogen and oxygen atoms in total. The number of carboxylic acid groups (broad SMARTS) is 1. The lowest BCUT2D eigenvalue weighted by molar-refractivity contribution is -0.118. The number of hydrogen-bond donors (Lipinski definition) is 2. The number of anilines is 1. The molecule has 0 aliphatic rings. The van der Waals surface area contributed by atoms with E-state index in [0.29, 0.717) is 15.8 Å². The minimum Gasteiger partial charge on any atom is -0.482 e. The van der Waals surface area contributed by atoms with Crippen LogP contribution < -0.4 is 10.1 Å². The number of aryl methyl sites for hydroxylation is 1. The van der Waals surface area contributed by atoms with Crippen molar-refractivity contribution in [1.82, 2.24) is 0 Å². The Morgan fingerprint density at radius 3 is 2.76 bits per heavy atom. The number of benzene rings is 1. The average Bonchev–Trinajstić information content (AvgIpc) is 2.88. The molecule has 7 heteroatoms. The summed E-state index contributed by atoms with van der Waals surface area (Å²) in [5.74, 6) is -0.973. The Bertz CT molecular complexity index is 683. The highest BCUT2D eigenvalue weighted by Crippen LogP contribution is 2.25. The highest BCUT2D eigenvalue weighted by Gasteiger charge is 2.10. The summed E-state index contributed by atoms with van der Waals surface area (Å²) in [4.78, 5) is 22.6. The minimum absolute atomic E-state index is 0.160. The van der Waals surface area contributed by atoms with Crippen molar-refractivity contribution in [2.75, 3.05) is 11.9 Å². The number of carbonyl (C=O) groups excluding carboxylic acids is 1. The van der Waals surface area contributed by atoms with E-state index in [1.165, 1.54) is 12.1 Å². The molecular weight excluding hydrogens is 314 g/mol. The van der Waals surface area contributed by atoms with Crippen LogP contribution in [0.1, 0.15) is 15.2 Å². The smallest absolute Gasteiger partial charge is 0.345 e. The molecule has 0 saturated carbocycles. The third-order valence-electron chi connectivity index (χ3n) is 2.52. The van der Waals surface area contributed by atoms with E-state index < -0.39 is 5.97 Å². The van der Waals surface area contributed by atoms with Crippen LogP contribution in [0.3, 0.4) is 0 Å². The average molecular weight is 326 g/mol. The van der Waals surface area contributed by atoms with Crippen molar-refractivity contribution < 1.29 is 19.4 Å². The van der Waals surface area contributed by atoms with E-state index in [1.807, 2.05) is 13.0 Å². The van der Waals surface area contributed by atoms with Crippen LogP contribution in [0.15, 0.2) is 30.3 Å². The maximum Gasteiger partial charge on any atom is 0.345 e. The molecule has 1 aromatic carbocycles. The van der Waals surface area contributed by atoms with Gasteiger partial charge in [-0.3, -0.25) is 4.79 Å². The van der Waals surface area contributed by atoms with Gasteiger partial charge in [0.25, 0.3) is 5.91 Å². The predicted octanol–water partition coefficient (Wildman–Crippen LogP) is 3.43. The number of hydrogen-bond acceptors (Lipinski definition) is 4. The van der Waals surface area contributed by atoms with Crippen molar-refractivity contribution >= 4 is 39.8 Å². The van der Waals surface area contributed by atoms with Crippen LogP contribution in [0.2, 0.25) is 5.02 Å². The molecule has 1 heterocycles. The zero-order valence-electron chi connectivity index (χ0n) is 11.1. The van der Waals surface area contributed by atoms with Gasteiger partial charge in [0.2, 0.25) is 0 Å². The molecule has 0 radical (unpaired) electrons. The molecule has 2 aromatic rings. The third-order valence-corrected chi connectivity index (χ3v) is 3.83. The van der Waals surface area contributed by atoms with Crippen LogP contribution >= 0.6 is 22.9 Å². The topological polar surface area (TPSA) is 75.6 Å². The Hall–Kier alpha value is -2.05. The van der Waals surface area contributed by atoms with Gasteiger partial charge < -0.3 is 15.2 Å². The van der Waals surface area contributed by atoms with Gasteiger partial charge in [-0.05, 0) is 36.8 Å². The summed E-state index contributed by atoms with van der Waals surface area (Å²) in [6.07, 6.45) is 0. The number of rotatable bonds is 5. The quantitative estimate of drug-likeness (QED) is 0.883. The second-order valence-electron chi connectivity index (χ2n) is 4.24. The van der Waals surface area contributed by atoms with Gasteiger partial charge in [0, 0.05) is 0 Å². The summed E-state index contributed by atoms with van der Waals surface area (Å²) in [5.41, 5.74) is 0.971. The van der Waals surface area contributed by atoms with Crippen LogP contribution in [0, 0.1) is 6.92 Å².